The lowest BCUT2D eigenvalue weighted by Gasteiger charge is -2.13. The maximum atomic E-state index is 11.8. The van der Waals surface area contributed by atoms with Crippen LogP contribution in [-0.2, 0) is 9.53 Å². The largest absolute Gasteiger partial charge is 0.497 e. The third-order valence-electron chi connectivity index (χ3n) is 3.88. The number of benzene rings is 2. The molecule has 0 aliphatic carbocycles. The molecule has 0 N–H and O–H groups in total. The number of halogens is 1. The van der Waals surface area contributed by atoms with Gasteiger partial charge in [0, 0.05) is 16.3 Å². The van der Waals surface area contributed by atoms with E-state index in [4.69, 9.17) is 21.1 Å². The molecular formula is C19H18ClN3O3S. The number of rotatable bonds is 6. The predicted octanol–water partition coefficient (Wildman–Crippen LogP) is 4.25. The van der Waals surface area contributed by atoms with Crippen molar-refractivity contribution in [1.29, 1.82) is 0 Å². The van der Waals surface area contributed by atoms with Gasteiger partial charge in [-0.1, -0.05) is 23.4 Å². The van der Waals surface area contributed by atoms with Crippen LogP contribution in [-0.4, -0.2) is 40.2 Å². The van der Waals surface area contributed by atoms with Crippen LogP contribution in [0.4, 0.5) is 0 Å². The van der Waals surface area contributed by atoms with Gasteiger partial charge in [0.25, 0.3) is 0 Å². The van der Waals surface area contributed by atoms with Crippen LogP contribution in [0.25, 0.3) is 17.1 Å². The fraction of sp³-hybridized carbons (Fsp3) is 0.211. The Morgan fingerprint density at radius 2 is 1.74 bits per heavy atom. The summed E-state index contributed by atoms with van der Waals surface area (Å²) in [5.41, 5.74) is 1.71. The van der Waals surface area contributed by atoms with Crippen LogP contribution >= 0.6 is 23.4 Å². The lowest BCUT2D eigenvalue weighted by molar-refractivity contribution is -0.139. The van der Waals surface area contributed by atoms with Gasteiger partial charge in [0.2, 0.25) is 0 Å². The Hall–Kier alpha value is -2.51. The molecule has 6 nitrogen and oxygen atoms in total. The summed E-state index contributed by atoms with van der Waals surface area (Å²) in [6.45, 7) is 1.77. The molecule has 8 heteroatoms. The Bertz CT molecular complexity index is 926. The van der Waals surface area contributed by atoms with E-state index in [0.717, 1.165) is 17.0 Å². The van der Waals surface area contributed by atoms with Crippen molar-refractivity contribution in [2.45, 2.75) is 17.3 Å². The standard InChI is InChI=1S/C19H18ClN3O3S/c1-12(18(24)26-3)27-19-22-21-17(13-4-10-16(25-2)11-5-13)23(19)15-8-6-14(20)7-9-15/h4-12H,1-3H3. The number of ether oxygens (including phenoxy) is 2. The van der Waals surface area contributed by atoms with E-state index < -0.39 is 5.25 Å². The van der Waals surface area contributed by atoms with Crippen molar-refractivity contribution in [3.05, 3.63) is 53.6 Å². The molecule has 140 valence electrons. The van der Waals surface area contributed by atoms with Crippen LogP contribution in [0, 0.1) is 0 Å². The van der Waals surface area contributed by atoms with Gasteiger partial charge in [-0.3, -0.25) is 9.36 Å². The topological polar surface area (TPSA) is 66.2 Å². The SMILES string of the molecule is COC(=O)C(C)Sc1nnc(-c2ccc(OC)cc2)n1-c1ccc(Cl)cc1. The first-order valence-corrected chi connectivity index (χ1v) is 9.39. The number of nitrogens with zero attached hydrogens (tertiary/aromatic N) is 3. The average Bonchev–Trinajstić information content (AvgIpc) is 3.11. The molecule has 3 aromatic rings. The predicted molar refractivity (Wildman–Crippen MR) is 106 cm³/mol. The average molecular weight is 404 g/mol. The highest BCUT2D eigenvalue weighted by atomic mass is 35.5. The number of carbonyl (C=O) groups is 1. The van der Waals surface area contributed by atoms with E-state index in [1.165, 1.54) is 18.9 Å². The molecule has 0 bridgehead atoms. The number of aromatic nitrogens is 3. The minimum atomic E-state index is -0.422. The first-order chi connectivity index (χ1) is 13.0. The minimum absolute atomic E-state index is 0.323. The number of hydrogen-bond donors (Lipinski definition) is 0. The Kier molecular flexibility index (Phi) is 6.03. The summed E-state index contributed by atoms with van der Waals surface area (Å²) < 4.78 is 11.9. The van der Waals surface area contributed by atoms with E-state index in [1.807, 2.05) is 41.0 Å². The van der Waals surface area contributed by atoms with E-state index in [0.29, 0.717) is 16.0 Å². The maximum absolute atomic E-state index is 11.8. The molecular weight excluding hydrogens is 386 g/mol. The van der Waals surface area contributed by atoms with Gasteiger partial charge in [-0.2, -0.15) is 0 Å². The van der Waals surface area contributed by atoms with Crippen molar-refractivity contribution in [3.8, 4) is 22.8 Å². The summed E-state index contributed by atoms with van der Waals surface area (Å²) in [4.78, 5) is 11.8. The summed E-state index contributed by atoms with van der Waals surface area (Å²) in [6, 6.07) is 14.9. The fourth-order valence-electron chi connectivity index (χ4n) is 2.47. The summed E-state index contributed by atoms with van der Waals surface area (Å²) >= 11 is 7.31. The molecule has 0 amide bonds. The molecule has 0 fully saturated rings. The highest BCUT2D eigenvalue weighted by Crippen LogP contribution is 2.31. The normalized spacial score (nSPS) is 11.9. The monoisotopic (exact) mass is 403 g/mol. The molecule has 1 atom stereocenters. The van der Waals surface area contributed by atoms with Crippen LogP contribution in [0.1, 0.15) is 6.92 Å². The van der Waals surface area contributed by atoms with Gasteiger partial charge in [0.05, 0.1) is 14.2 Å². The van der Waals surface area contributed by atoms with Crippen molar-refractivity contribution in [3.63, 3.8) is 0 Å². The molecule has 27 heavy (non-hydrogen) atoms. The number of carbonyl (C=O) groups excluding carboxylic acids is 1. The molecule has 0 spiro atoms. The second kappa shape index (κ2) is 8.45. The van der Waals surface area contributed by atoms with Crippen molar-refractivity contribution in [2.24, 2.45) is 0 Å². The smallest absolute Gasteiger partial charge is 0.318 e. The third-order valence-corrected chi connectivity index (χ3v) is 5.15. The molecule has 1 unspecified atom stereocenters. The second-order valence-corrected chi connectivity index (χ2v) is 7.37. The molecule has 2 aromatic carbocycles. The van der Waals surface area contributed by atoms with Crippen LogP contribution in [0.3, 0.4) is 0 Å². The van der Waals surface area contributed by atoms with Gasteiger partial charge < -0.3 is 9.47 Å². The fourth-order valence-corrected chi connectivity index (χ4v) is 3.49. The first-order valence-electron chi connectivity index (χ1n) is 8.13. The number of hydrogen-bond acceptors (Lipinski definition) is 6. The first kappa shape index (κ1) is 19.3. The number of methoxy groups -OCH3 is 2. The lowest BCUT2D eigenvalue weighted by atomic mass is 10.2. The molecule has 0 saturated heterocycles. The van der Waals surface area contributed by atoms with Crippen molar-refractivity contribution < 1.29 is 14.3 Å². The van der Waals surface area contributed by atoms with Gasteiger partial charge >= 0.3 is 5.97 Å². The van der Waals surface area contributed by atoms with Gasteiger partial charge in [-0.25, -0.2) is 0 Å². The van der Waals surface area contributed by atoms with E-state index in [9.17, 15) is 4.79 Å². The highest BCUT2D eigenvalue weighted by molar-refractivity contribution is 8.00. The Morgan fingerprint density at radius 3 is 2.33 bits per heavy atom. The molecule has 0 aliphatic rings. The van der Waals surface area contributed by atoms with Crippen LogP contribution < -0.4 is 4.74 Å². The summed E-state index contributed by atoms with van der Waals surface area (Å²) in [6.07, 6.45) is 0. The quantitative estimate of drug-likeness (QED) is 0.452. The van der Waals surface area contributed by atoms with E-state index in [1.54, 1.807) is 26.2 Å². The van der Waals surface area contributed by atoms with Gasteiger partial charge in [0.1, 0.15) is 11.0 Å². The lowest BCUT2D eigenvalue weighted by Crippen LogP contribution is -2.15. The maximum Gasteiger partial charge on any atom is 0.318 e. The summed E-state index contributed by atoms with van der Waals surface area (Å²) in [5.74, 6) is 1.08. The van der Waals surface area contributed by atoms with Gasteiger partial charge in [-0.05, 0) is 55.5 Å². The van der Waals surface area contributed by atoms with E-state index in [-0.39, 0.29) is 5.97 Å². The molecule has 3 rings (SSSR count). The zero-order valence-corrected chi connectivity index (χ0v) is 16.6. The van der Waals surface area contributed by atoms with Crippen molar-refractivity contribution in [1.82, 2.24) is 14.8 Å². The van der Waals surface area contributed by atoms with E-state index >= 15 is 0 Å². The van der Waals surface area contributed by atoms with Gasteiger partial charge in [0.15, 0.2) is 11.0 Å². The van der Waals surface area contributed by atoms with Crippen molar-refractivity contribution >= 4 is 29.3 Å². The van der Waals surface area contributed by atoms with Crippen LogP contribution in [0.5, 0.6) is 5.75 Å². The Morgan fingerprint density at radius 1 is 1.07 bits per heavy atom. The van der Waals surface area contributed by atoms with Crippen molar-refractivity contribution in [2.75, 3.05) is 14.2 Å². The minimum Gasteiger partial charge on any atom is -0.497 e. The molecule has 0 saturated carbocycles. The Labute approximate surface area is 166 Å². The molecule has 1 heterocycles. The molecule has 0 radical (unpaired) electrons. The van der Waals surface area contributed by atoms with Crippen LogP contribution in [0.15, 0.2) is 53.7 Å². The summed E-state index contributed by atoms with van der Waals surface area (Å²) in [5, 5.41) is 9.44. The molecule has 1 aromatic heterocycles. The zero-order chi connectivity index (χ0) is 19.4. The number of esters is 1. The van der Waals surface area contributed by atoms with Gasteiger partial charge in [-0.15, -0.1) is 10.2 Å². The van der Waals surface area contributed by atoms with E-state index in [2.05, 4.69) is 10.2 Å². The number of thioether (sulfide) groups is 1. The molecule has 0 aliphatic heterocycles. The third kappa shape index (κ3) is 4.26. The highest BCUT2D eigenvalue weighted by Gasteiger charge is 2.22. The Balaban J connectivity index is 2.07. The summed E-state index contributed by atoms with van der Waals surface area (Å²) in [7, 11) is 2.99. The zero-order valence-electron chi connectivity index (χ0n) is 15.0. The second-order valence-electron chi connectivity index (χ2n) is 5.63. The van der Waals surface area contributed by atoms with Crippen LogP contribution in [0.2, 0.25) is 5.02 Å².